The Morgan fingerprint density at radius 3 is 2.43 bits per heavy atom. The molecule has 0 amide bonds. The van der Waals surface area contributed by atoms with Crippen molar-refractivity contribution >= 4 is 37.2 Å². The summed E-state index contributed by atoms with van der Waals surface area (Å²) in [7, 11) is -2.22. The van der Waals surface area contributed by atoms with Crippen LogP contribution in [-0.4, -0.2) is 27.8 Å². The molecule has 0 N–H and O–H groups in total. The number of esters is 1. The lowest BCUT2D eigenvalue weighted by Gasteiger charge is -2.23. The summed E-state index contributed by atoms with van der Waals surface area (Å²) in [6, 6.07) is 4.32. The molecule has 0 radical (unpaired) electrons. The zero-order chi connectivity index (χ0) is 16.0. The van der Waals surface area contributed by atoms with Crippen LogP contribution in [0.4, 0.5) is 4.39 Å². The molecule has 1 aromatic heterocycles. The van der Waals surface area contributed by atoms with Gasteiger partial charge in [-0.15, -0.1) is 11.3 Å². The van der Waals surface area contributed by atoms with Crippen molar-refractivity contribution in [1.82, 2.24) is 0 Å². The van der Waals surface area contributed by atoms with Gasteiger partial charge >= 0.3 is 5.97 Å². The Hall–Kier alpha value is -1.47. The van der Waals surface area contributed by atoms with E-state index in [0.29, 0.717) is 15.0 Å². The molecule has 4 nitrogen and oxygen atoms in total. The molecule has 0 fully saturated rings. The van der Waals surface area contributed by atoms with E-state index in [1.165, 1.54) is 33.1 Å². The predicted molar refractivity (Wildman–Crippen MR) is 81.0 cm³/mol. The fourth-order valence-electron chi connectivity index (χ4n) is 1.92. The molecule has 1 heterocycles. The number of carbonyl (C=O) groups is 1. The largest absolute Gasteiger partial charge is 0.465 e. The molecule has 0 saturated heterocycles. The summed E-state index contributed by atoms with van der Waals surface area (Å²) in [6.45, 7) is 2.92. The van der Waals surface area contributed by atoms with Crippen LogP contribution in [0.25, 0.3) is 10.1 Å². The number of hydrogen-bond donors (Lipinski definition) is 0. The van der Waals surface area contributed by atoms with E-state index in [4.69, 9.17) is 0 Å². The Labute approximate surface area is 126 Å². The van der Waals surface area contributed by atoms with Crippen LogP contribution < -0.4 is 0 Å². The van der Waals surface area contributed by atoms with Crippen LogP contribution in [0.1, 0.15) is 29.1 Å². The molecule has 114 valence electrons. The molecule has 0 unspecified atom stereocenters. The lowest BCUT2D eigenvalue weighted by atomic mass is 10.00. The van der Waals surface area contributed by atoms with Crippen molar-refractivity contribution in [1.29, 1.82) is 0 Å². The summed E-state index contributed by atoms with van der Waals surface area (Å²) in [4.78, 5) is 11.9. The molecule has 0 saturated carbocycles. The SMILES string of the molecule is COC(=O)c1cc2cc(C(C)(C)S(C)(=O)=O)c(F)cc2s1. The van der Waals surface area contributed by atoms with Crippen LogP contribution >= 0.6 is 11.3 Å². The summed E-state index contributed by atoms with van der Waals surface area (Å²) < 4.78 is 41.8. The third-order valence-corrected chi connectivity index (χ3v) is 6.72. The smallest absolute Gasteiger partial charge is 0.348 e. The highest BCUT2D eigenvalue weighted by Crippen LogP contribution is 2.36. The number of thiophene rings is 1. The van der Waals surface area contributed by atoms with Crippen LogP contribution in [0.2, 0.25) is 0 Å². The summed E-state index contributed by atoms with van der Waals surface area (Å²) in [6.07, 6.45) is 1.07. The Balaban J connectivity index is 2.68. The topological polar surface area (TPSA) is 60.4 Å². The fraction of sp³-hybridized carbons (Fsp3) is 0.357. The van der Waals surface area contributed by atoms with Crippen molar-refractivity contribution in [2.24, 2.45) is 0 Å². The normalized spacial score (nSPS) is 12.6. The molecule has 0 bridgehead atoms. The molecule has 0 aliphatic carbocycles. The van der Waals surface area contributed by atoms with E-state index >= 15 is 0 Å². The third kappa shape index (κ3) is 2.67. The first-order chi connectivity index (χ1) is 9.57. The van der Waals surface area contributed by atoms with Crippen molar-refractivity contribution in [2.45, 2.75) is 18.6 Å². The predicted octanol–water partition coefficient (Wildman–Crippen LogP) is 3.11. The van der Waals surface area contributed by atoms with E-state index in [-0.39, 0.29) is 5.56 Å². The molecule has 7 heteroatoms. The van der Waals surface area contributed by atoms with Gasteiger partial charge in [-0.3, -0.25) is 0 Å². The monoisotopic (exact) mass is 330 g/mol. The van der Waals surface area contributed by atoms with E-state index in [9.17, 15) is 17.6 Å². The number of ether oxygens (including phenoxy) is 1. The molecule has 0 atom stereocenters. The van der Waals surface area contributed by atoms with Gasteiger partial charge in [-0.2, -0.15) is 0 Å². The maximum Gasteiger partial charge on any atom is 0.348 e. The van der Waals surface area contributed by atoms with Crippen LogP contribution in [0.5, 0.6) is 0 Å². The number of rotatable bonds is 3. The third-order valence-electron chi connectivity index (χ3n) is 3.57. The number of fused-ring (bicyclic) bond motifs is 1. The molecule has 0 spiro atoms. The van der Waals surface area contributed by atoms with Gasteiger partial charge in [0.2, 0.25) is 0 Å². The number of hydrogen-bond acceptors (Lipinski definition) is 5. The minimum Gasteiger partial charge on any atom is -0.465 e. The summed E-state index contributed by atoms with van der Waals surface area (Å²) >= 11 is 1.11. The van der Waals surface area contributed by atoms with E-state index < -0.39 is 26.4 Å². The molecule has 0 aliphatic heterocycles. The maximum absolute atomic E-state index is 14.3. The van der Waals surface area contributed by atoms with Crippen LogP contribution in [0.3, 0.4) is 0 Å². The molecule has 21 heavy (non-hydrogen) atoms. The van der Waals surface area contributed by atoms with Crippen LogP contribution in [-0.2, 0) is 19.3 Å². The van der Waals surface area contributed by atoms with Gasteiger partial charge in [-0.25, -0.2) is 17.6 Å². The molecule has 1 aromatic carbocycles. The van der Waals surface area contributed by atoms with Gasteiger partial charge in [-0.05, 0) is 37.4 Å². The van der Waals surface area contributed by atoms with Crippen LogP contribution in [0, 0.1) is 5.82 Å². The number of methoxy groups -OCH3 is 1. The van der Waals surface area contributed by atoms with E-state index in [0.717, 1.165) is 17.6 Å². The average Bonchev–Trinajstić information content (AvgIpc) is 2.78. The lowest BCUT2D eigenvalue weighted by Crippen LogP contribution is -2.29. The minimum absolute atomic E-state index is 0.0896. The highest BCUT2D eigenvalue weighted by atomic mass is 32.2. The molecular formula is C14H15FO4S2. The van der Waals surface area contributed by atoms with Gasteiger partial charge in [0.15, 0.2) is 9.84 Å². The highest BCUT2D eigenvalue weighted by Gasteiger charge is 2.35. The first-order valence-corrected chi connectivity index (χ1v) is 8.80. The summed E-state index contributed by atoms with van der Waals surface area (Å²) in [5.41, 5.74) is 0.0896. The second-order valence-corrected chi connectivity index (χ2v) is 8.90. The van der Waals surface area contributed by atoms with E-state index in [1.54, 1.807) is 6.07 Å². The van der Waals surface area contributed by atoms with Gasteiger partial charge in [0.1, 0.15) is 10.7 Å². The van der Waals surface area contributed by atoms with Crippen LogP contribution in [0.15, 0.2) is 18.2 Å². The first-order valence-electron chi connectivity index (χ1n) is 6.09. The van der Waals surface area contributed by atoms with Crippen molar-refractivity contribution in [3.8, 4) is 0 Å². The summed E-state index contributed by atoms with van der Waals surface area (Å²) in [5, 5.41) is 0.619. The van der Waals surface area contributed by atoms with Crippen molar-refractivity contribution in [3.63, 3.8) is 0 Å². The Morgan fingerprint density at radius 2 is 1.90 bits per heavy atom. The first kappa shape index (κ1) is 15.9. The number of benzene rings is 1. The lowest BCUT2D eigenvalue weighted by molar-refractivity contribution is 0.0606. The number of carbonyl (C=O) groups excluding carboxylic acids is 1. The zero-order valence-electron chi connectivity index (χ0n) is 12.1. The Kier molecular flexibility index (Phi) is 3.84. The Morgan fingerprint density at radius 1 is 1.29 bits per heavy atom. The van der Waals surface area contributed by atoms with Crippen molar-refractivity contribution < 1.29 is 22.3 Å². The standard InChI is InChI=1S/C14H15FO4S2/c1-14(2,21(4,17)18)9-5-8-6-12(13(16)19-3)20-11(8)7-10(9)15/h5-7H,1-4H3. The quantitative estimate of drug-likeness (QED) is 0.811. The average molecular weight is 330 g/mol. The zero-order valence-corrected chi connectivity index (χ0v) is 13.7. The Bertz CT molecular complexity index is 819. The summed E-state index contributed by atoms with van der Waals surface area (Å²) in [5.74, 6) is -1.10. The molecule has 0 aliphatic rings. The molecule has 2 aromatic rings. The molecular weight excluding hydrogens is 315 g/mol. The van der Waals surface area contributed by atoms with E-state index in [2.05, 4.69) is 4.74 Å². The van der Waals surface area contributed by atoms with E-state index in [1.807, 2.05) is 0 Å². The minimum atomic E-state index is -3.49. The second kappa shape index (κ2) is 5.06. The molecule has 2 rings (SSSR count). The maximum atomic E-state index is 14.3. The fourth-order valence-corrected chi connectivity index (χ4v) is 3.47. The number of sulfone groups is 1. The van der Waals surface area contributed by atoms with Gasteiger partial charge in [-0.1, -0.05) is 0 Å². The van der Waals surface area contributed by atoms with Gasteiger partial charge < -0.3 is 4.74 Å². The van der Waals surface area contributed by atoms with Gasteiger partial charge in [0, 0.05) is 16.5 Å². The van der Waals surface area contributed by atoms with Crippen molar-refractivity contribution in [2.75, 3.05) is 13.4 Å². The number of halogens is 1. The van der Waals surface area contributed by atoms with Gasteiger partial charge in [0.25, 0.3) is 0 Å². The van der Waals surface area contributed by atoms with Gasteiger partial charge in [0.05, 0.1) is 11.9 Å². The highest BCUT2D eigenvalue weighted by molar-refractivity contribution is 7.91. The van der Waals surface area contributed by atoms with Crippen molar-refractivity contribution in [3.05, 3.63) is 34.5 Å². The second-order valence-electron chi connectivity index (χ2n) is 5.25.